The van der Waals surface area contributed by atoms with Crippen LogP contribution >= 0.6 is 34.3 Å². The van der Waals surface area contributed by atoms with Crippen LogP contribution in [0.2, 0.25) is 5.02 Å². The Hall–Kier alpha value is -2.54. The standard InChI is InChI=1S/C22H18ClN3OS2/c1-14-25-20(13-28-14)16-4-2-15(3-5-16)11-24-21(27)10-19-12-29-22(26-19)17-6-8-18(23)9-7-17/h2-9,12-13H,10-11H2,1H3,(H,24,27). The SMILES string of the molecule is Cc1nc(-c2ccc(CNC(=O)Cc3csc(-c4ccc(Cl)cc4)n3)cc2)cs1. The first kappa shape index (κ1) is 19.8. The van der Waals surface area contributed by atoms with Crippen molar-refractivity contribution in [2.24, 2.45) is 0 Å². The van der Waals surface area contributed by atoms with Crippen molar-refractivity contribution in [1.82, 2.24) is 15.3 Å². The highest BCUT2D eigenvalue weighted by Crippen LogP contribution is 2.25. The molecule has 2 heterocycles. The molecule has 0 aliphatic rings. The maximum absolute atomic E-state index is 12.3. The van der Waals surface area contributed by atoms with Crippen LogP contribution in [0.4, 0.5) is 0 Å². The summed E-state index contributed by atoms with van der Waals surface area (Å²) in [4.78, 5) is 21.4. The van der Waals surface area contributed by atoms with Crippen molar-refractivity contribution in [2.75, 3.05) is 0 Å². The molecule has 0 atom stereocenters. The Morgan fingerprint density at radius 2 is 1.69 bits per heavy atom. The minimum Gasteiger partial charge on any atom is -0.352 e. The molecule has 4 aromatic rings. The summed E-state index contributed by atoms with van der Waals surface area (Å²) in [6.45, 7) is 2.49. The summed E-state index contributed by atoms with van der Waals surface area (Å²) < 4.78 is 0. The third-order valence-corrected chi connectivity index (χ3v) is 6.31. The molecular formula is C22H18ClN3OS2. The average molecular weight is 440 g/mol. The molecule has 0 fully saturated rings. The van der Waals surface area contributed by atoms with Gasteiger partial charge in [-0.3, -0.25) is 4.79 Å². The number of aryl methyl sites for hydroxylation is 1. The van der Waals surface area contributed by atoms with Crippen molar-refractivity contribution in [3.05, 3.63) is 80.6 Å². The average Bonchev–Trinajstić information content (AvgIpc) is 3.37. The number of amides is 1. The fraction of sp³-hybridized carbons (Fsp3) is 0.136. The lowest BCUT2D eigenvalue weighted by Crippen LogP contribution is -2.24. The Labute approximate surface area is 182 Å². The Morgan fingerprint density at radius 1 is 0.966 bits per heavy atom. The normalized spacial score (nSPS) is 10.8. The zero-order valence-corrected chi connectivity index (χ0v) is 18.1. The van der Waals surface area contributed by atoms with Crippen molar-refractivity contribution >= 4 is 40.2 Å². The lowest BCUT2D eigenvalue weighted by atomic mass is 10.1. The van der Waals surface area contributed by atoms with Gasteiger partial charge in [-0.1, -0.05) is 48.0 Å². The first-order valence-electron chi connectivity index (χ1n) is 9.05. The van der Waals surface area contributed by atoms with Crippen LogP contribution in [0.25, 0.3) is 21.8 Å². The molecule has 29 heavy (non-hydrogen) atoms. The molecule has 7 heteroatoms. The van der Waals surface area contributed by atoms with E-state index in [1.807, 2.05) is 60.8 Å². The third kappa shape index (κ3) is 5.09. The highest BCUT2D eigenvalue weighted by Gasteiger charge is 2.09. The van der Waals surface area contributed by atoms with Crippen molar-refractivity contribution in [3.8, 4) is 21.8 Å². The van der Waals surface area contributed by atoms with Crippen molar-refractivity contribution in [3.63, 3.8) is 0 Å². The predicted octanol–water partition coefficient (Wildman–Crippen LogP) is 5.75. The number of carbonyl (C=O) groups is 1. The molecule has 0 radical (unpaired) electrons. The summed E-state index contributed by atoms with van der Waals surface area (Å²) in [7, 11) is 0. The molecule has 0 aliphatic carbocycles. The summed E-state index contributed by atoms with van der Waals surface area (Å²) in [5.41, 5.74) is 4.90. The van der Waals surface area contributed by atoms with Crippen LogP contribution in [0.15, 0.2) is 59.3 Å². The zero-order valence-electron chi connectivity index (χ0n) is 15.7. The summed E-state index contributed by atoms with van der Waals surface area (Å²) in [6.07, 6.45) is 0.264. The number of thiazole rings is 2. The lowest BCUT2D eigenvalue weighted by molar-refractivity contribution is -0.120. The van der Waals surface area contributed by atoms with Crippen LogP contribution in [-0.4, -0.2) is 15.9 Å². The number of benzene rings is 2. The van der Waals surface area contributed by atoms with Gasteiger partial charge < -0.3 is 5.32 Å². The smallest absolute Gasteiger partial charge is 0.226 e. The zero-order chi connectivity index (χ0) is 20.2. The monoisotopic (exact) mass is 439 g/mol. The molecule has 0 saturated carbocycles. The number of hydrogen-bond donors (Lipinski definition) is 1. The number of nitrogens with one attached hydrogen (secondary N) is 1. The van der Waals surface area contributed by atoms with Crippen LogP contribution in [0.5, 0.6) is 0 Å². The van der Waals surface area contributed by atoms with Gasteiger partial charge in [0.15, 0.2) is 0 Å². The van der Waals surface area contributed by atoms with Crippen LogP contribution < -0.4 is 5.32 Å². The predicted molar refractivity (Wildman–Crippen MR) is 120 cm³/mol. The van der Waals surface area contributed by atoms with Crippen LogP contribution in [0, 0.1) is 6.92 Å². The van der Waals surface area contributed by atoms with Gasteiger partial charge in [0, 0.05) is 33.5 Å². The highest BCUT2D eigenvalue weighted by molar-refractivity contribution is 7.13. The summed E-state index contributed by atoms with van der Waals surface area (Å²) in [6, 6.07) is 15.7. The van der Waals surface area contributed by atoms with Gasteiger partial charge in [-0.15, -0.1) is 22.7 Å². The van der Waals surface area contributed by atoms with Gasteiger partial charge in [0.25, 0.3) is 0 Å². The van der Waals surface area contributed by atoms with E-state index in [-0.39, 0.29) is 12.3 Å². The third-order valence-electron chi connectivity index (χ3n) is 4.34. The first-order valence-corrected chi connectivity index (χ1v) is 11.2. The molecule has 0 saturated heterocycles. The topological polar surface area (TPSA) is 54.9 Å². The Kier molecular flexibility index (Phi) is 6.04. The second-order valence-corrected chi connectivity index (χ2v) is 8.91. The molecule has 4 nitrogen and oxygen atoms in total. The van der Waals surface area contributed by atoms with E-state index < -0.39 is 0 Å². The van der Waals surface area contributed by atoms with Crippen LogP contribution in [-0.2, 0) is 17.8 Å². The van der Waals surface area contributed by atoms with E-state index in [0.29, 0.717) is 11.6 Å². The van der Waals surface area contributed by atoms with Gasteiger partial charge in [0.1, 0.15) is 5.01 Å². The molecule has 0 bridgehead atoms. The number of halogens is 1. The van der Waals surface area contributed by atoms with Gasteiger partial charge in [-0.25, -0.2) is 9.97 Å². The van der Waals surface area contributed by atoms with Crippen molar-refractivity contribution in [1.29, 1.82) is 0 Å². The van der Waals surface area contributed by atoms with E-state index in [0.717, 1.165) is 38.1 Å². The Bertz CT molecular complexity index is 1120. The van der Waals surface area contributed by atoms with Crippen molar-refractivity contribution < 1.29 is 4.79 Å². The number of rotatable bonds is 6. The highest BCUT2D eigenvalue weighted by atomic mass is 35.5. The maximum atomic E-state index is 12.3. The van der Waals surface area contributed by atoms with E-state index in [1.165, 1.54) is 11.3 Å². The van der Waals surface area contributed by atoms with Crippen LogP contribution in [0.3, 0.4) is 0 Å². The minimum atomic E-state index is -0.0443. The van der Waals surface area contributed by atoms with Crippen LogP contribution in [0.1, 0.15) is 16.3 Å². The molecule has 0 spiro atoms. The summed E-state index contributed by atoms with van der Waals surface area (Å²) in [5, 5.41) is 9.57. The number of aromatic nitrogens is 2. The molecule has 146 valence electrons. The molecular weight excluding hydrogens is 422 g/mol. The van der Waals surface area contributed by atoms with E-state index in [1.54, 1.807) is 11.3 Å². The van der Waals surface area contributed by atoms with E-state index in [9.17, 15) is 4.79 Å². The lowest BCUT2D eigenvalue weighted by Gasteiger charge is -2.05. The molecule has 0 unspecified atom stereocenters. The molecule has 1 amide bonds. The maximum Gasteiger partial charge on any atom is 0.226 e. The minimum absolute atomic E-state index is 0.0443. The number of carbonyl (C=O) groups excluding carboxylic acids is 1. The summed E-state index contributed by atoms with van der Waals surface area (Å²) in [5.74, 6) is -0.0443. The molecule has 2 aromatic heterocycles. The van der Waals surface area contributed by atoms with Crippen molar-refractivity contribution in [2.45, 2.75) is 19.9 Å². The molecule has 1 N–H and O–H groups in total. The quantitative estimate of drug-likeness (QED) is 0.416. The second-order valence-electron chi connectivity index (χ2n) is 6.55. The van der Waals surface area contributed by atoms with E-state index >= 15 is 0 Å². The van der Waals surface area contributed by atoms with Gasteiger partial charge >= 0.3 is 0 Å². The van der Waals surface area contributed by atoms with Gasteiger partial charge in [0.05, 0.1) is 22.8 Å². The van der Waals surface area contributed by atoms with Gasteiger partial charge in [-0.2, -0.15) is 0 Å². The summed E-state index contributed by atoms with van der Waals surface area (Å²) >= 11 is 9.09. The Balaban J connectivity index is 1.31. The molecule has 0 aliphatic heterocycles. The van der Waals surface area contributed by atoms with E-state index in [4.69, 9.17) is 11.6 Å². The number of hydrogen-bond acceptors (Lipinski definition) is 5. The Morgan fingerprint density at radius 3 is 2.38 bits per heavy atom. The van der Waals surface area contributed by atoms with Gasteiger partial charge in [0.2, 0.25) is 5.91 Å². The molecule has 2 aromatic carbocycles. The van der Waals surface area contributed by atoms with Gasteiger partial charge in [-0.05, 0) is 24.6 Å². The fourth-order valence-electron chi connectivity index (χ4n) is 2.83. The number of nitrogens with zero attached hydrogens (tertiary/aromatic N) is 2. The molecule has 4 rings (SSSR count). The largest absolute Gasteiger partial charge is 0.352 e. The first-order chi connectivity index (χ1) is 14.1. The van der Waals surface area contributed by atoms with E-state index in [2.05, 4.69) is 20.7 Å². The fourth-order valence-corrected chi connectivity index (χ4v) is 4.40. The second kappa shape index (κ2) is 8.86.